The minimum absolute atomic E-state index is 0.665. The molecule has 6 heteroatoms. The third kappa shape index (κ3) is 3.42. The van der Waals surface area contributed by atoms with Gasteiger partial charge in [-0.2, -0.15) is 5.10 Å². The number of aryl methyl sites for hydroxylation is 1. The first kappa shape index (κ1) is 16.1. The van der Waals surface area contributed by atoms with Gasteiger partial charge in [-0.3, -0.25) is 9.67 Å². The molecule has 0 aliphatic carbocycles. The number of nitrogens with zero attached hydrogens (tertiary/aromatic N) is 6. The van der Waals surface area contributed by atoms with Crippen LogP contribution in [0.2, 0.25) is 0 Å². The average Bonchev–Trinajstić information content (AvgIpc) is 2.97. The summed E-state index contributed by atoms with van der Waals surface area (Å²) in [7, 11) is 1.97. The molecule has 0 aliphatic rings. The Bertz CT molecular complexity index is 796. The first-order valence-electron chi connectivity index (χ1n) is 8.16. The van der Waals surface area contributed by atoms with Crippen LogP contribution in [-0.4, -0.2) is 31.8 Å². The van der Waals surface area contributed by atoms with Crippen LogP contribution in [0.1, 0.15) is 24.7 Å². The van der Waals surface area contributed by atoms with Crippen LogP contribution in [-0.2, 0) is 13.1 Å². The molecule has 0 saturated heterocycles. The molecule has 3 aromatic heterocycles. The van der Waals surface area contributed by atoms with Gasteiger partial charge in [0, 0.05) is 37.2 Å². The highest BCUT2D eigenvalue weighted by atomic mass is 15.3. The zero-order valence-corrected chi connectivity index (χ0v) is 14.3. The zero-order valence-electron chi connectivity index (χ0n) is 14.3. The second kappa shape index (κ2) is 7.21. The van der Waals surface area contributed by atoms with Gasteiger partial charge in [0.1, 0.15) is 0 Å². The van der Waals surface area contributed by atoms with Crippen molar-refractivity contribution in [3.8, 4) is 11.3 Å². The lowest BCUT2D eigenvalue weighted by molar-refractivity contribution is 0.587. The number of anilines is 1. The van der Waals surface area contributed by atoms with Gasteiger partial charge in [-0.25, -0.2) is 9.97 Å². The molecular formula is C18H22N6. The largest absolute Gasteiger partial charge is 0.338 e. The van der Waals surface area contributed by atoms with Gasteiger partial charge in [-0.15, -0.1) is 0 Å². The minimum Gasteiger partial charge on any atom is -0.338 e. The van der Waals surface area contributed by atoms with E-state index in [0.717, 1.165) is 35.6 Å². The molecule has 0 fully saturated rings. The maximum absolute atomic E-state index is 4.71. The van der Waals surface area contributed by atoms with Crippen molar-refractivity contribution in [2.24, 2.45) is 0 Å². The van der Waals surface area contributed by atoms with Crippen molar-refractivity contribution in [3.63, 3.8) is 0 Å². The first-order chi connectivity index (χ1) is 11.7. The maximum Gasteiger partial charge on any atom is 0.225 e. The van der Waals surface area contributed by atoms with E-state index in [1.807, 2.05) is 47.1 Å². The Labute approximate surface area is 142 Å². The Hall–Kier alpha value is -2.76. The van der Waals surface area contributed by atoms with Crippen molar-refractivity contribution in [3.05, 3.63) is 54.2 Å². The molecule has 0 radical (unpaired) electrons. The van der Waals surface area contributed by atoms with Gasteiger partial charge in [-0.05, 0) is 31.5 Å². The van der Waals surface area contributed by atoms with E-state index in [1.54, 1.807) is 12.4 Å². The lowest BCUT2D eigenvalue weighted by Gasteiger charge is -2.17. The van der Waals surface area contributed by atoms with Crippen molar-refractivity contribution in [2.75, 3.05) is 11.9 Å². The van der Waals surface area contributed by atoms with Gasteiger partial charge < -0.3 is 4.90 Å². The molecular weight excluding hydrogens is 300 g/mol. The highest BCUT2D eigenvalue weighted by Gasteiger charge is 2.12. The first-order valence-corrected chi connectivity index (χ1v) is 8.16. The second-order valence-corrected chi connectivity index (χ2v) is 5.79. The van der Waals surface area contributed by atoms with E-state index in [4.69, 9.17) is 4.98 Å². The van der Waals surface area contributed by atoms with E-state index < -0.39 is 0 Å². The third-order valence-electron chi connectivity index (χ3n) is 3.92. The number of rotatable bonds is 6. The summed E-state index contributed by atoms with van der Waals surface area (Å²) in [6.07, 6.45) is 6.54. The van der Waals surface area contributed by atoms with Crippen molar-refractivity contribution in [1.82, 2.24) is 24.7 Å². The Morgan fingerprint density at radius 2 is 2.00 bits per heavy atom. The molecule has 0 N–H and O–H groups in total. The minimum atomic E-state index is 0.665. The summed E-state index contributed by atoms with van der Waals surface area (Å²) in [6.45, 7) is 5.81. The van der Waals surface area contributed by atoms with Crippen LogP contribution in [0.15, 0.2) is 42.9 Å². The molecule has 0 amide bonds. The molecule has 0 unspecified atom stereocenters. The van der Waals surface area contributed by atoms with Crippen LogP contribution in [0.3, 0.4) is 0 Å². The van der Waals surface area contributed by atoms with Crippen molar-refractivity contribution < 1.29 is 0 Å². The number of hydrogen-bond donors (Lipinski definition) is 0. The highest BCUT2D eigenvalue weighted by molar-refractivity contribution is 5.61. The smallest absolute Gasteiger partial charge is 0.225 e. The van der Waals surface area contributed by atoms with E-state index in [0.29, 0.717) is 12.5 Å². The molecule has 0 spiro atoms. The molecule has 3 heterocycles. The van der Waals surface area contributed by atoms with Crippen molar-refractivity contribution >= 4 is 5.95 Å². The van der Waals surface area contributed by atoms with Crippen molar-refractivity contribution in [2.45, 2.75) is 33.4 Å². The number of hydrogen-bond acceptors (Lipinski definition) is 5. The fourth-order valence-electron chi connectivity index (χ4n) is 2.62. The molecule has 0 aromatic carbocycles. The normalized spacial score (nSPS) is 10.8. The summed E-state index contributed by atoms with van der Waals surface area (Å²) < 4.78 is 2.02. The summed E-state index contributed by atoms with van der Waals surface area (Å²) in [5.41, 5.74) is 4.07. The number of pyridine rings is 1. The molecule has 3 aromatic rings. The van der Waals surface area contributed by atoms with Gasteiger partial charge in [0.2, 0.25) is 5.95 Å². The van der Waals surface area contributed by atoms with Gasteiger partial charge in [0.15, 0.2) is 0 Å². The molecule has 124 valence electrons. The Balaban J connectivity index is 1.84. The standard InChI is InChI=1S/C18H22N6/c1-4-11-24-14(2)16(12-21-24)17-8-10-20-18(22-17)23(3)13-15-7-5-6-9-19-15/h5-10,12H,4,11,13H2,1-3H3. The van der Waals surface area contributed by atoms with Gasteiger partial charge >= 0.3 is 0 Å². The molecule has 0 atom stereocenters. The molecule has 0 saturated carbocycles. The monoisotopic (exact) mass is 322 g/mol. The highest BCUT2D eigenvalue weighted by Crippen LogP contribution is 2.22. The van der Waals surface area contributed by atoms with E-state index >= 15 is 0 Å². The van der Waals surface area contributed by atoms with Crippen molar-refractivity contribution in [1.29, 1.82) is 0 Å². The van der Waals surface area contributed by atoms with E-state index in [-0.39, 0.29) is 0 Å². The second-order valence-electron chi connectivity index (χ2n) is 5.79. The summed E-state index contributed by atoms with van der Waals surface area (Å²) in [4.78, 5) is 15.5. The summed E-state index contributed by atoms with van der Waals surface area (Å²) in [5, 5.41) is 4.46. The predicted octanol–water partition coefficient (Wildman–Crippen LogP) is 3.09. The fraction of sp³-hybridized carbons (Fsp3) is 0.333. The zero-order chi connectivity index (χ0) is 16.9. The van der Waals surface area contributed by atoms with Crippen LogP contribution in [0.4, 0.5) is 5.95 Å². The Morgan fingerprint density at radius 1 is 1.12 bits per heavy atom. The van der Waals surface area contributed by atoms with E-state index in [2.05, 4.69) is 28.9 Å². The Morgan fingerprint density at radius 3 is 2.75 bits per heavy atom. The summed E-state index contributed by atoms with van der Waals surface area (Å²) >= 11 is 0. The van der Waals surface area contributed by atoms with Crippen LogP contribution in [0, 0.1) is 6.92 Å². The summed E-state index contributed by atoms with van der Waals surface area (Å²) in [6, 6.07) is 7.83. The quantitative estimate of drug-likeness (QED) is 0.698. The summed E-state index contributed by atoms with van der Waals surface area (Å²) in [5.74, 6) is 0.681. The average molecular weight is 322 g/mol. The van der Waals surface area contributed by atoms with Crippen LogP contribution >= 0.6 is 0 Å². The van der Waals surface area contributed by atoms with Crippen LogP contribution in [0.25, 0.3) is 11.3 Å². The van der Waals surface area contributed by atoms with Crippen LogP contribution < -0.4 is 4.90 Å². The third-order valence-corrected chi connectivity index (χ3v) is 3.92. The van der Waals surface area contributed by atoms with Gasteiger partial charge in [0.25, 0.3) is 0 Å². The molecule has 24 heavy (non-hydrogen) atoms. The van der Waals surface area contributed by atoms with E-state index in [9.17, 15) is 0 Å². The number of aromatic nitrogens is 5. The Kier molecular flexibility index (Phi) is 4.84. The lowest BCUT2D eigenvalue weighted by Crippen LogP contribution is -2.19. The lowest BCUT2D eigenvalue weighted by atomic mass is 10.2. The topological polar surface area (TPSA) is 59.7 Å². The SMILES string of the molecule is CCCn1ncc(-c2ccnc(N(C)Cc3ccccn3)n2)c1C. The maximum atomic E-state index is 4.71. The molecule has 0 bridgehead atoms. The van der Waals surface area contributed by atoms with Crippen LogP contribution in [0.5, 0.6) is 0 Å². The predicted molar refractivity (Wildman–Crippen MR) is 94.6 cm³/mol. The molecule has 0 aliphatic heterocycles. The van der Waals surface area contributed by atoms with Gasteiger partial charge in [-0.1, -0.05) is 13.0 Å². The van der Waals surface area contributed by atoms with Gasteiger partial charge in [0.05, 0.1) is 24.1 Å². The fourth-order valence-corrected chi connectivity index (χ4v) is 2.62. The molecule has 3 rings (SSSR count). The van der Waals surface area contributed by atoms with E-state index in [1.165, 1.54) is 0 Å². The molecule has 6 nitrogen and oxygen atoms in total.